The van der Waals surface area contributed by atoms with E-state index in [1.807, 2.05) is 6.92 Å². The number of carbonyl (C=O) groups excluding carboxylic acids is 1. The van der Waals surface area contributed by atoms with E-state index in [-0.39, 0.29) is 11.6 Å². The van der Waals surface area contributed by atoms with Gasteiger partial charge in [0.2, 0.25) is 5.91 Å². The molecule has 0 bridgehead atoms. The number of hydrogen-bond acceptors (Lipinski definition) is 5. The molecule has 2 N–H and O–H groups in total. The van der Waals surface area contributed by atoms with Crippen molar-refractivity contribution in [3.63, 3.8) is 0 Å². The van der Waals surface area contributed by atoms with Crippen LogP contribution in [0, 0.1) is 17.0 Å². The van der Waals surface area contributed by atoms with Crippen molar-refractivity contribution >= 4 is 17.4 Å². The number of nitrogens with one attached hydrogen (secondary N) is 2. The Morgan fingerprint density at radius 3 is 2.83 bits per heavy atom. The second-order valence-corrected chi connectivity index (χ2v) is 3.87. The number of likely N-dealkylation sites (N-methyl/N-ethyl adjacent to an activating group) is 1. The van der Waals surface area contributed by atoms with Gasteiger partial charge in [-0.1, -0.05) is 0 Å². The lowest BCUT2D eigenvalue weighted by atomic mass is 10.2. The van der Waals surface area contributed by atoms with Crippen molar-refractivity contribution in [1.82, 2.24) is 10.3 Å². The van der Waals surface area contributed by atoms with Gasteiger partial charge >= 0.3 is 0 Å². The fourth-order valence-electron chi connectivity index (χ4n) is 1.40. The maximum absolute atomic E-state index is 11.5. The Labute approximate surface area is 105 Å². The van der Waals surface area contributed by atoms with Gasteiger partial charge in [0.25, 0.3) is 5.69 Å². The summed E-state index contributed by atoms with van der Waals surface area (Å²) >= 11 is 0. The molecule has 0 radical (unpaired) electrons. The predicted octanol–water partition coefficient (Wildman–Crippen LogP) is 1.23. The maximum atomic E-state index is 11.5. The van der Waals surface area contributed by atoms with Crippen LogP contribution in [0.25, 0.3) is 0 Å². The summed E-state index contributed by atoms with van der Waals surface area (Å²) in [5.74, 6) is 0.133. The molecule has 1 amide bonds. The van der Waals surface area contributed by atoms with Crippen LogP contribution in [0.2, 0.25) is 0 Å². The van der Waals surface area contributed by atoms with Gasteiger partial charge < -0.3 is 10.6 Å². The lowest BCUT2D eigenvalue weighted by Crippen LogP contribution is -2.37. The minimum Gasteiger partial charge on any atom is -0.358 e. The van der Waals surface area contributed by atoms with E-state index in [1.165, 1.54) is 12.3 Å². The molecule has 0 saturated carbocycles. The third-order valence-corrected chi connectivity index (χ3v) is 2.38. The fourth-order valence-corrected chi connectivity index (χ4v) is 1.40. The molecule has 0 saturated heterocycles. The lowest BCUT2D eigenvalue weighted by Gasteiger charge is -2.13. The third-order valence-electron chi connectivity index (χ3n) is 2.38. The van der Waals surface area contributed by atoms with Crippen molar-refractivity contribution in [2.24, 2.45) is 0 Å². The second kappa shape index (κ2) is 5.95. The molecule has 0 aliphatic heterocycles. The quantitative estimate of drug-likeness (QED) is 0.607. The second-order valence-electron chi connectivity index (χ2n) is 3.87. The van der Waals surface area contributed by atoms with Gasteiger partial charge in [0.05, 0.1) is 11.0 Å². The van der Waals surface area contributed by atoms with Crippen molar-refractivity contribution < 1.29 is 9.72 Å². The van der Waals surface area contributed by atoms with Crippen LogP contribution in [0.5, 0.6) is 0 Å². The molecule has 0 aliphatic carbocycles. The molecule has 0 fully saturated rings. The number of rotatable bonds is 5. The summed E-state index contributed by atoms with van der Waals surface area (Å²) in [5.41, 5.74) is 0.465. The molecule has 1 atom stereocenters. The molecule has 1 heterocycles. The Morgan fingerprint density at radius 1 is 1.61 bits per heavy atom. The maximum Gasteiger partial charge on any atom is 0.277 e. The standard InChI is InChI=1S/C11H16N4O3/c1-4-12-11(16)8(3)14-10-5-9(15(17)18)7(2)6-13-10/h5-6,8H,4H2,1-3H3,(H,12,16)(H,13,14). The molecule has 0 spiro atoms. The first-order chi connectivity index (χ1) is 8.45. The Kier molecular flexibility index (Phi) is 4.59. The molecule has 7 nitrogen and oxygen atoms in total. The first-order valence-electron chi connectivity index (χ1n) is 5.61. The largest absolute Gasteiger partial charge is 0.358 e. The minimum atomic E-state index is -0.500. The van der Waals surface area contributed by atoms with E-state index in [0.29, 0.717) is 17.9 Å². The number of nitrogens with zero attached hydrogens (tertiary/aromatic N) is 2. The zero-order valence-corrected chi connectivity index (χ0v) is 10.6. The fraction of sp³-hybridized carbons (Fsp3) is 0.455. The van der Waals surface area contributed by atoms with Crippen LogP contribution < -0.4 is 10.6 Å². The van der Waals surface area contributed by atoms with Gasteiger partial charge in [0.15, 0.2) is 0 Å². The summed E-state index contributed by atoms with van der Waals surface area (Å²) in [4.78, 5) is 25.8. The van der Waals surface area contributed by atoms with Crippen LogP contribution in [0.4, 0.5) is 11.5 Å². The topological polar surface area (TPSA) is 97.2 Å². The highest BCUT2D eigenvalue weighted by Crippen LogP contribution is 2.20. The van der Waals surface area contributed by atoms with Gasteiger partial charge in [-0.25, -0.2) is 4.98 Å². The average Bonchev–Trinajstić information content (AvgIpc) is 2.31. The molecule has 1 unspecified atom stereocenters. The van der Waals surface area contributed by atoms with E-state index in [9.17, 15) is 14.9 Å². The number of anilines is 1. The van der Waals surface area contributed by atoms with Crippen LogP contribution >= 0.6 is 0 Å². The summed E-state index contributed by atoms with van der Waals surface area (Å²) in [6.07, 6.45) is 1.41. The number of aromatic nitrogens is 1. The molecule has 18 heavy (non-hydrogen) atoms. The summed E-state index contributed by atoms with van der Waals surface area (Å²) < 4.78 is 0. The first kappa shape index (κ1) is 13.9. The van der Waals surface area contributed by atoms with Crippen LogP contribution in [0.3, 0.4) is 0 Å². The molecule has 0 aromatic carbocycles. The minimum absolute atomic E-state index is 0.0180. The van der Waals surface area contributed by atoms with Gasteiger partial charge in [0, 0.05) is 18.3 Å². The number of pyridine rings is 1. The number of hydrogen-bond donors (Lipinski definition) is 2. The Bertz CT molecular complexity index is 462. The van der Waals surface area contributed by atoms with Crippen molar-refractivity contribution in [1.29, 1.82) is 0 Å². The summed E-state index contributed by atoms with van der Waals surface area (Å²) in [6.45, 7) is 5.63. The summed E-state index contributed by atoms with van der Waals surface area (Å²) in [7, 11) is 0. The number of carbonyl (C=O) groups is 1. The number of amides is 1. The van der Waals surface area contributed by atoms with Crippen molar-refractivity contribution in [3.05, 3.63) is 27.9 Å². The molecular formula is C11H16N4O3. The van der Waals surface area contributed by atoms with E-state index in [1.54, 1.807) is 13.8 Å². The van der Waals surface area contributed by atoms with Gasteiger partial charge in [0.1, 0.15) is 11.9 Å². The lowest BCUT2D eigenvalue weighted by molar-refractivity contribution is -0.385. The summed E-state index contributed by atoms with van der Waals surface area (Å²) in [6, 6.07) is 0.824. The molecule has 1 rings (SSSR count). The van der Waals surface area contributed by atoms with Crippen LogP contribution in [0.1, 0.15) is 19.4 Å². The predicted molar refractivity (Wildman–Crippen MR) is 67.4 cm³/mol. The van der Waals surface area contributed by atoms with Crippen LogP contribution in [0.15, 0.2) is 12.3 Å². The van der Waals surface area contributed by atoms with Crippen molar-refractivity contribution in [2.75, 3.05) is 11.9 Å². The highest BCUT2D eigenvalue weighted by molar-refractivity contribution is 5.83. The number of aryl methyl sites for hydroxylation is 1. The van der Waals surface area contributed by atoms with Gasteiger partial charge in [-0.15, -0.1) is 0 Å². The van der Waals surface area contributed by atoms with Crippen molar-refractivity contribution in [3.8, 4) is 0 Å². The Hall–Kier alpha value is -2.18. The van der Waals surface area contributed by atoms with Gasteiger partial charge in [-0.3, -0.25) is 14.9 Å². The molecule has 1 aromatic heterocycles. The monoisotopic (exact) mass is 252 g/mol. The average molecular weight is 252 g/mol. The van der Waals surface area contributed by atoms with E-state index in [0.717, 1.165) is 0 Å². The van der Waals surface area contributed by atoms with Crippen molar-refractivity contribution in [2.45, 2.75) is 26.8 Å². The van der Waals surface area contributed by atoms with E-state index >= 15 is 0 Å². The third kappa shape index (κ3) is 3.41. The smallest absolute Gasteiger partial charge is 0.277 e. The molecule has 7 heteroatoms. The zero-order valence-electron chi connectivity index (χ0n) is 10.6. The molecule has 98 valence electrons. The summed E-state index contributed by atoms with van der Waals surface area (Å²) in [5, 5.41) is 16.2. The zero-order chi connectivity index (χ0) is 13.7. The van der Waals surface area contributed by atoms with Gasteiger partial charge in [-0.05, 0) is 20.8 Å². The molecule has 1 aromatic rings. The number of nitro groups is 1. The first-order valence-corrected chi connectivity index (χ1v) is 5.61. The van der Waals surface area contributed by atoms with Crippen LogP contribution in [-0.2, 0) is 4.79 Å². The van der Waals surface area contributed by atoms with E-state index in [4.69, 9.17) is 0 Å². The Balaban J connectivity index is 2.82. The normalized spacial score (nSPS) is 11.7. The van der Waals surface area contributed by atoms with E-state index < -0.39 is 11.0 Å². The van der Waals surface area contributed by atoms with Gasteiger partial charge in [-0.2, -0.15) is 0 Å². The molecular weight excluding hydrogens is 236 g/mol. The SMILES string of the molecule is CCNC(=O)C(C)Nc1cc([N+](=O)[O-])c(C)cn1. The molecule has 0 aliphatic rings. The highest BCUT2D eigenvalue weighted by Gasteiger charge is 2.16. The van der Waals surface area contributed by atoms with Crippen LogP contribution in [-0.4, -0.2) is 28.4 Å². The van der Waals surface area contributed by atoms with E-state index in [2.05, 4.69) is 15.6 Å². The highest BCUT2D eigenvalue weighted by atomic mass is 16.6. The Morgan fingerprint density at radius 2 is 2.28 bits per heavy atom.